The van der Waals surface area contributed by atoms with E-state index < -0.39 is 11.8 Å². The number of hydrogen-bond acceptors (Lipinski definition) is 4. The number of carboxylic acid groups (broad SMARTS) is 1. The predicted molar refractivity (Wildman–Crippen MR) is 61.9 cm³/mol. The van der Waals surface area contributed by atoms with Crippen molar-refractivity contribution in [3.05, 3.63) is 29.7 Å². The Bertz CT molecular complexity index is 653. The number of nitrogens with one attached hydrogen (secondary N) is 1. The Labute approximate surface area is 106 Å². The van der Waals surface area contributed by atoms with Crippen molar-refractivity contribution in [3.63, 3.8) is 0 Å². The Morgan fingerprint density at radius 3 is 2.89 bits per heavy atom. The molecular formula is C12H9FN2O4. The first kappa shape index (κ1) is 11.5. The number of fused-ring (bicyclic) bond motifs is 1. The number of halogens is 1. The first-order valence-electron chi connectivity index (χ1n) is 5.54. The van der Waals surface area contributed by atoms with E-state index in [2.05, 4.69) is 10.2 Å². The van der Waals surface area contributed by atoms with E-state index in [1.807, 2.05) is 0 Å². The number of aromatic amines is 1. The van der Waals surface area contributed by atoms with E-state index >= 15 is 0 Å². The van der Waals surface area contributed by atoms with Crippen LogP contribution in [0.1, 0.15) is 10.5 Å². The zero-order valence-corrected chi connectivity index (χ0v) is 9.64. The van der Waals surface area contributed by atoms with E-state index in [0.29, 0.717) is 12.4 Å². The van der Waals surface area contributed by atoms with Gasteiger partial charge in [0.15, 0.2) is 17.3 Å². The molecule has 0 radical (unpaired) electrons. The molecule has 7 heteroatoms. The quantitative estimate of drug-likeness (QED) is 0.862. The van der Waals surface area contributed by atoms with E-state index in [0.717, 1.165) is 0 Å². The minimum Gasteiger partial charge on any atom is -0.486 e. The molecule has 19 heavy (non-hydrogen) atoms. The van der Waals surface area contributed by atoms with Crippen LogP contribution in [0, 0.1) is 5.82 Å². The van der Waals surface area contributed by atoms with E-state index in [1.54, 1.807) is 6.07 Å². The molecule has 1 aromatic carbocycles. The molecule has 0 spiro atoms. The van der Waals surface area contributed by atoms with Gasteiger partial charge in [0.1, 0.15) is 18.9 Å². The van der Waals surface area contributed by atoms with E-state index in [1.165, 1.54) is 12.1 Å². The summed E-state index contributed by atoms with van der Waals surface area (Å²) >= 11 is 0. The van der Waals surface area contributed by atoms with Crippen molar-refractivity contribution in [2.75, 3.05) is 13.2 Å². The zero-order valence-electron chi connectivity index (χ0n) is 9.64. The first-order chi connectivity index (χ1) is 9.16. The number of carbonyl (C=O) groups is 1. The highest BCUT2D eigenvalue weighted by Crippen LogP contribution is 2.37. The van der Waals surface area contributed by atoms with Gasteiger partial charge in [-0.05, 0) is 18.2 Å². The number of rotatable bonds is 2. The molecule has 0 atom stereocenters. The lowest BCUT2D eigenvalue weighted by Gasteiger charge is -2.19. The molecule has 0 bridgehead atoms. The second kappa shape index (κ2) is 4.27. The molecule has 1 aliphatic rings. The Hall–Kier alpha value is -2.57. The molecule has 1 aliphatic heterocycles. The largest absolute Gasteiger partial charge is 0.486 e. The lowest BCUT2D eigenvalue weighted by Crippen LogP contribution is -2.16. The molecule has 0 unspecified atom stereocenters. The third-order valence-corrected chi connectivity index (χ3v) is 2.73. The fraction of sp³-hybridized carbons (Fsp3) is 0.167. The second-order valence-electron chi connectivity index (χ2n) is 3.92. The molecule has 0 fully saturated rings. The summed E-state index contributed by atoms with van der Waals surface area (Å²) in [5, 5.41) is 14.9. The number of ether oxygens (including phenoxy) is 2. The average Bonchev–Trinajstić information content (AvgIpc) is 2.89. The highest BCUT2D eigenvalue weighted by atomic mass is 19.1. The molecule has 2 heterocycles. The fourth-order valence-electron chi connectivity index (χ4n) is 1.85. The zero-order chi connectivity index (χ0) is 13.4. The van der Waals surface area contributed by atoms with Gasteiger partial charge in [-0.25, -0.2) is 9.18 Å². The van der Waals surface area contributed by atoms with Gasteiger partial charge < -0.3 is 14.6 Å². The van der Waals surface area contributed by atoms with Crippen molar-refractivity contribution in [1.29, 1.82) is 0 Å². The van der Waals surface area contributed by atoms with Crippen LogP contribution in [0.4, 0.5) is 4.39 Å². The minimum atomic E-state index is -1.16. The third kappa shape index (κ3) is 1.88. The molecule has 1 aromatic heterocycles. The standard InChI is InChI=1S/C12H9FN2O4/c13-10-6(7-5-8(12(16)17)15-14-7)1-2-9-11(10)19-4-3-18-9/h1-2,5H,3-4H2,(H,14,15)(H,16,17). The van der Waals surface area contributed by atoms with E-state index in [4.69, 9.17) is 14.6 Å². The lowest BCUT2D eigenvalue weighted by atomic mass is 10.1. The third-order valence-electron chi connectivity index (χ3n) is 2.73. The average molecular weight is 264 g/mol. The smallest absolute Gasteiger partial charge is 0.353 e. The highest BCUT2D eigenvalue weighted by Gasteiger charge is 2.22. The molecule has 0 saturated carbocycles. The molecule has 2 N–H and O–H groups in total. The maximum Gasteiger partial charge on any atom is 0.353 e. The number of aromatic nitrogens is 2. The van der Waals surface area contributed by atoms with Crippen LogP contribution in [-0.4, -0.2) is 34.5 Å². The van der Waals surface area contributed by atoms with Gasteiger partial charge in [-0.2, -0.15) is 5.10 Å². The highest BCUT2D eigenvalue weighted by molar-refractivity contribution is 5.87. The van der Waals surface area contributed by atoms with Crippen molar-refractivity contribution < 1.29 is 23.8 Å². The molecule has 0 aliphatic carbocycles. The molecular weight excluding hydrogens is 255 g/mol. The maximum atomic E-state index is 14.2. The van der Waals surface area contributed by atoms with Crippen LogP contribution < -0.4 is 9.47 Å². The summed E-state index contributed by atoms with van der Waals surface area (Å²) < 4.78 is 24.7. The normalized spacial score (nSPS) is 13.3. The molecule has 0 amide bonds. The van der Waals surface area contributed by atoms with Crippen molar-refractivity contribution in [1.82, 2.24) is 10.2 Å². The van der Waals surface area contributed by atoms with Gasteiger partial charge in [-0.3, -0.25) is 5.10 Å². The number of hydrogen-bond donors (Lipinski definition) is 2. The van der Waals surface area contributed by atoms with Crippen LogP contribution in [0.2, 0.25) is 0 Å². The summed E-state index contributed by atoms with van der Waals surface area (Å²) in [7, 11) is 0. The lowest BCUT2D eigenvalue weighted by molar-refractivity contribution is 0.0690. The Morgan fingerprint density at radius 1 is 1.37 bits per heavy atom. The number of aromatic carboxylic acids is 1. The van der Waals surface area contributed by atoms with E-state index in [9.17, 15) is 9.18 Å². The summed E-state index contributed by atoms with van der Waals surface area (Å²) in [6.07, 6.45) is 0. The summed E-state index contributed by atoms with van der Waals surface area (Å²) in [5.41, 5.74) is 0.254. The molecule has 0 saturated heterocycles. The SMILES string of the molecule is O=C(O)c1cc(-c2ccc3c(c2F)OCCO3)n[nH]1. The van der Waals surface area contributed by atoms with Crippen LogP contribution in [0.15, 0.2) is 18.2 Å². The topological polar surface area (TPSA) is 84.4 Å². The van der Waals surface area contributed by atoms with Crippen molar-refractivity contribution in [2.24, 2.45) is 0 Å². The van der Waals surface area contributed by atoms with Crippen molar-refractivity contribution >= 4 is 5.97 Å². The summed E-state index contributed by atoms with van der Waals surface area (Å²) in [6, 6.07) is 4.31. The first-order valence-corrected chi connectivity index (χ1v) is 5.54. The Morgan fingerprint density at radius 2 is 2.16 bits per heavy atom. The molecule has 3 rings (SSSR count). The number of nitrogens with zero attached hydrogens (tertiary/aromatic N) is 1. The van der Waals surface area contributed by atoms with Crippen LogP contribution in [-0.2, 0) is 0 Å². The van der Waals surface area contributed by atoms with Gasteiger partial charge >= 0.3 is 5.97 Å². The predicted octanol–water partition coefficient (Wildman–Crippen LogP) is 1.69. The van der Waals surface area contributed by atoms with Crippen LogP contribution >= 0.6 is 0 Å². The summed E-state index contributed by atoms with van der Waals surface area (Å²) in [5.74, 6) is -1.40. The summed E-state index contributed by atoms with van der Waals surface area (Å²) in [4.78, 5) is 10.8. The second-order valence-corrected chi connectivity index (χ2v) is 3.92. The van der Waals surface area contributed by atoms with Crippen LogP contribution in [0.5, 0.6) is 11.5 Å². The summed E-state index contributed by atoms with van der Waals surface area (Å²) in [6.45, 7) is 0.645. The molecule has 6 nitrogen and oxygen atoms in total. The van der Waals surface area contributed by atoms with Gasteiger partial charge in [-0.1, -0.05) is 0 Å². The van der Waals surface area contributed by atoms with Crippen molar-refractivity contribution in [2.45, 2.75) is 0 Å². The number of carboxylic acids is 1. The van der Waals surface area contributed by atoms with Crippen LogP contribution in [0.25, 0.3) is 11.3 Å². The molecule has 2 aromatic rings. The Kier molecular flexibility index (Phi) is 2.59. The Balaban J connectivity index is 2.07. The monoisotopic (exact) mass is 264 g/mol. The molecule has 98 valence electrons. The van der Waals surface area contributed by atoms with Gasteiger partial charge in [0, 0.05) is 5.56 Å². The van der Waals surface area contributed by atoms with Gasteiger partial charge in [0.05, 0.1) is 5.69 Å². The fourth-order valence-corrected chi connectivity index (χ4v) is 1.85. The van der Waals surface area contributed by atoms with Crippen molar-refractivity contribution in [3.8, 4) is 22.8 Å². The number of H-pyrrole nitrogens is 1. The van der Waals surface area contributed by atoms with Gasteiger partial charge in [0.2, 0.25) is 0 Å². The van der Waals surface area contributed by atoms with Crippen LogP contribution in [0.3, 0.4) is 0 Å². The van der Waals surface area contributed by atoms with Gasteiger partial charge in [0.25, 0.3) is 0 Å². The van der Waals surface area contributed by atoms with Gasteiger partial charge in [-0.15, -0.1) is 0 Å². The minimum absolute atomic E-state index is 0.0311. The van der Waals surface area contributed by atoms with E-state index in [-0.39, 0.29) is 29.3 Å². The number of benzene rings is 1. The maximum absolute atomic E-state index is 14.2.